The maximum Gasteiger partial charge on any atom is 0.254 e. The van der Waals surface area contributed by atoms with E-state index in [4.69, 9.17) is 0 Å². The Morgan fingerprint density at radius 1 is 1.44 bits per heavy atom. The van der Waals surface area contributed by atoms with Gasteiger partial charge in [0.2, 0.25) is 0 Å². The number of thiophene rings is 1. The van der Waals surface area contributed by atoms with Gasteiger partial charge in [-0.15, -0.1) is 11.3 Å². The van der Waals surface area contributed by atoms with Gasteiger partial charge in [-0.05, 0) is 35.2 Å². The van der Waals surface area contributed by atoms with Crippen LogP contribution in [0.2, 0.25) is 0 Å². The Balaban J connectivity index is 1.96. The quantitative estimate of drug-likeness (QED) is 0.763. The molecule has 0 saturated carbocycles. The fourth-order valence-electron chi connectivity index (χ4n) is 1.87. The minimum absolute atomic E-state index is 0.190. The first-order valence-corrected chi connectivity index (χ1v) is 7.42. The first-order valence-electron chi connectivity index (χ1n) is 5.46. The first-order chi connectivity index (χ1) is 7.70. The summed E-state index contributed by atoms with van der Waals surface area (Å²) in [6.07, 6.45) is 0. The lowest BCUT2D eigenvalue weighted by Crippen LogP contribution is -2.48. The molecule has 1 aromatic rings. The summed E-state index contributed by atoms with van der Waals surface area (Å²) in [5, 5.41) is 1.95. The molecule has 0 aromatic carbocycles. The number of hydrogen-bond acceptors (Lipinski definition) is 3. The zero-order valence-corrected chi connectivity index (χ0v) is 12.3. The number of carbonyl (C=O) groups excluding carboxylic acids is 1. The van der Waals surface area contributed by atoms with Crippen LogP contribution in [0.15, 0.2) is 11.4 Å². The highest BCUT2D eigenvalue weighted by Crippen LogP contribution is 2.18. The van der Waals surface area contributed by atoms with Crippen molar-refractivity contribution in [3.8, 4) is 0 Å². The molecule has 2 rings (SSSR count). The van der Waals surface area contributed by atoms with E-state index >= 15 is 0 Å². The van der Waals surface area contributed by atoms with Gasteiger partial charge in [0.05, 0.1) is 8.45 Å². The van der Waals surface area contributed by atoms with Crippen molar-refractivity contribution in [3.05, 3.63) is 19.9 Å². The van der Waals surface area contributed by atoms with Crippen molar-refractivity contribution in [2.24, 2.45) is 0 Å². The van der Waals surface area contributed by atoms with E-state index in [0.717, 1.165) is 38.3 Å². The average Bonchev–Trinajstić information content (AvgIpc) is 2.75. The van der Waals surface area contributed by atoms with E-state index < -0.39 is 0 Å². The van der Waals surface area contributed by atoms with Crippen LogP contribution < -0.4 is 0 Å². The third kappa shape index (κ3) is 2.75. The Labute approximate surface area is 114 Å². The minimum Gasteiger partial charge on any atom is -0.336 e. The lowest BCUT2D eigenvalue weighted by Gasteiger charge is -2.33. The standard InChI is InChI=1S/C11H15IN2OS/c1-2-13-3-5-14(6-4-13)11(15)9-7-10(12)16-8-9/h7-8H,2-6H2,1H3. The maximum atomic E-state index is 12.1. The van der Waals surface area contributed by atoms with Crippen LogP contribution in [0.3, 0.4) is 0 Å². The Bertz CT molecular complexity index is 372. The van der Waals surface area contributed by atoms with Crippen LogP contribution in [-0.2, 0) is 0 Å². The second-order valence-corrected chi connectivity index (χ2v) is 6.67. The zero-order valence-electron chi connectivity index (χ0n) is 9.28. The van der Waals surface area contributed by atoms with E-state index in [9.17, 15) is 4.79 Å². The highest BCUT2D eigenvalue weighted by Gasteiger charge is 2.21. The van der Waals surface area contributed by atoms with Gasteiger partial charge in [-0.1, -0.05) is 6.92 Å². The Kier molecular flexibility index (Phi) is 4.21. The summed E-state index contributed by atoms with van der Waals surface area (Å²) in [5.41, 5.74) is 0.847. The van der Waals surface area contributed by atoms with Crippen LogP contribution >= 0.6 is 33.9 Å². The van der Waals surface area contributed by atoms with Crippen LogP contribution in [-0.4, -0.2) is 48.4 Å². The van der Waals surface area contributed by atoms with Crippen molar-refractivity contribution in [2.75, 3.05) is 32.7 Å². The summed E-state index contributed by atoms with van der Waals surface area (Å²) < 4.78 is 1.17. The van der Waals surface area contributed by atoms with Gasteiger partial charge < -0.3 is 9.80 Å². The van der Waals surface area contributed by atoms with Crippen molar-refractivity contribution >= 4 is 39.8 Å². The number of rotatable bonds is 2. The molecule has 0 spiro atoms. The van der Waals surface area contributed by atoms with E-state index in [2.05, 4.69) is 34.4 Å². The van der Waals surface area contributed by atoms with Crippen LogP contribution in [0.25, 0.3) is 0 Å². The van der Waals surface area contributed by atoms with Gasteiger partial charge in [0.1, 0.15) is 0 Å². The van der Waals surface area contributed by atoms with Crippen LogP contribution in [0.4, 0.5) is 0 Å². The third-order valence-electron chi connectivity index (χ3n) is 2.92. The third-order valence-corrected chi connectivity index (χ3v) is 4.71. The number of piperazine rings is 1. The van der Waals surface area contributed by atoms with Crippen molar-refractivity contribution in [2.45, 2.75) is 6.92 Å². The molecule has 0 unspecified atom stereocenters. The molecule has 2 heterocycles. The SMILES string of the molecule is CCN1CCN(C(=O)c2csc(I)c2)CC1. The van der Waals surface area contributed by atoms with Gasteiger partial charge in [-0.25, -0.2) is 0 Å². The van der Waals surface area contributed by atoms with Crippen LogP contribution in [0, 0.1) is 2.88 Å². The highest BCUT2D eigenvalue weighted by molar-refractivity contribution is 14.1. The molecule has 16 heavy (non-hydrogen) atoms. The van der Waals surface area contributed by atoms with E-state index in [0.29, 0.717) is 0 Å². The topological polar surface area (TPSA) is 23.6 Å². The summed E-state index contributed by atoms with van der Waals surface area (Å²) >= 11 is 3.88. The highest BCUT2D eigenvalue weighted by atomic mass is 127. The summed E-state index contributed by atoms with van der Waals surface area (Å²) in [6.45, 7) is 6.97. The number of carbonyl (C=O) groups is 1. The molecule has 88 valence electrons. The summed E-state index contributed by atoms with van der Waals surface area (Å²) in [5.74, 6) is 0.190. The van der Waals surface area contributed by atoms with Crippen molar-refractivity contribution in [1.82, 2.24) is 9.80 Å². The summed E-state index contributed by atoms with van der Waals surface area (Å²) in [4.78, 5) is 16.5. The molecular formula is C11H15IN2OS. The summed E-state index contributed by atoms with van der Waals surface area (Å²) in [7, 11) is 0. The number of nitrogens with zero attached hydrogens (tertiary/aromatic N) is 2. The van der Waals surface area contributed by atoms with E-state index in [1.807, 2.05) is 16.3 Å². The molecule has 1 aliphatic heterocycles. The molecule has 1 saturated heterocycles. The Morgan fingerprint density at radius 2 is 2.12 bits per heavy atom. The average molecular weight is 350 g/mol. The van der Waals surface area contributed by atoms with Crippen molar-refractivity contribution in [3.63, 3.8) is 0 Å². The molecule has 1 aliphatic rings. The number of halogens is 1. The zero-order chi connectivity index (χ0) is 11.5. The molecule has 3 nitrogen and oxygen atoms in total. The second kappa shape index (κ2) is 5.46. The van der Waals surface area contributed by atoms with Crippen molar-refractivity contribution in [1.29, 1.82) is 0 Å². The minimum atomic E-state index is 0.190. The van der Waals surface area contributed by atoms with Gasteiger partial charge in [0.15, 0.2) is 0 Å². The van der Waals surface area contributed by atoms with Gasteiger partial charge in [0, 0.05) is 31.6 Å². The molecule has 1 amide bonds. The molecule has 0 bridgehead atoms. The molecule has 0 aliphatic carbocycles. The van der Waals surface area contributed by atoms with Gasteiger partial charge in [0.25, 0.3) is 5.91 Å². The fourth-order valence-corrected chi connectivity index (χ4v) is 3.19. The maximum absolute atomic E-state index is 12.1. The number of amides is 1. The second-order valence-electron chi connectivity index (χ2n) is 3.87. The lowest BCUT2D eigenvalue weighted by atomic mass is 10.2. The lowest BCUT2D eigenvalue weighted by molar-refractivity contribution is 0.0644. The van der Waals surface area contributed by atoms with E-state index in [1.165, 1.54) is 2.88 Å². The Hall–Kier alpha value is -0.140. The molecule has 1 fully saturated rings. The normalized spacial score (nSPS) is 17.8. The molecule has 5 heteroatoms. The predicted molar refractivity (Wildman–Crippen MR) is 75.1 cm³/mol. The Morgan fingerprint density at radius 3 is 2.62 bits per heavy atom. The van der Waals surface area contributed by atoms with Gasteiger partial charge >= 0.3 is 0 Å². The van der Waals surface area contributed by atoms with Crippen LogP contribution in [0.5, 0.6) is 0 Å². The van der Waals surface area contributed by atoms with Gasteiger partial charge in [-0.2, -0.15) is 0 Å². The number of hydrogen-bond donors (Lipinski definition) is 0. The molecule has 0 radical (unpaired) electrons. The van der Waals surface area contributed by atoms with Crippen LogP contribution in [0.1, 0.15) is 17.3 Å². The molecule has 0 N–H and O–H groups in total. The smallest absolute Gasteiger partial charge is 0.254 e. The monoisotopic (exact) mass is 350 g/mol. The molecule has 1 aromatic heterocycles. The predicted octanol–water partition coefficient (Wildman–Crippen LogP) is 2.13. The van der Waals surface area contributed by atoms with E-state index in [-0.39, 0.29) is 5.91 Å². The van der Waals surface area contributed by atoms with Crippen molar-refractivity contribution < 1.29 is 4.79 Å². The fraction of sp³-hybridized carbons (Fsp3) is 0.545. The summed E-state index contributed by atoms with van der Waals surface area (Å²) in [6, 6.07) is 1.97. The van der Waals surface area contributed by atoms with Gasteiger partial charge in [-0.3, -0.25) is 4.79 Å². The van der Waals surface area contributed by atoms with E-state index in [1.54, 1.807) is 11.3 Å². The first kappa shape index (κ1) is 12.3. The molecular weight excluding hydrogens is 335 g/mol. The largest absolute Gasteiger partial charge is 0.336 e. The molecule has 0 atom stereocenters. The number of likely N-dealkylation sites (N-methyl/N-ethyl adjacent to an activating group) is 1.